The van der Waals surface area contributed by atoms with Crippen LogP contribution in [0.2, 0.25) is 0 Å². The first-order valence-corrected chi connectivity index (χ1v) is 4.34. The van der Waals surface area contributed by atoms with Gasteiger partial charge >= 0.3 is 0 Å². The largest absolute Gasteiger partial charge is 0.384 e. The van der Waals surface area contributed by atoms with Gasteiger partial charge in [-0.25, -0.2) is 9.97 Å². The van der Waals surface area contributed by atoms with E-state index in [2.05, 4.69) is 9.97 Å². The number of fused-ring (bicyclic) bond motifs is 3. The van der Waals surface area contributed by atoms with E-state index >= 15 is 0 Å². The fourth-order valence-electron chi connectivity index (χ4n) is 1.56. The molecule has 3 heterocycles. The third kappa shape index (κ3) is 0.877. The fraction of sp³-hybridized carbons (Fsp3) is 0. The highest BCUT2D eigenvalue weighted by atomic mass is 15.1. The summed E-state index contributed by atoms with van der Waals surface area (Å²) < 4.78 is 1.99. The summed E-state index contributed by atoms with van der Waals surface area (Å²) in [6.45, 7) is 0. The number of aromatic nitrogens is 3. The van der Waals surface area contributed by atoms with Crippen LogP contribution in [0, 0.1) is 0 Å². The van der Waals surface area contributed by atoms with Gasteiger partial charge in [0.25, 0.3) is 0 Å². The van der Waals surface area contributed by atoms with Crippen molar-refractivity contribution in [1.82, 2.24) is 14.4 Å². The highest BCUT2D eigenvalue weighted by Gasteiger charge is 2.03. The Bertz CT molecular complexity index is 612. The van der Waals surface area contributed by atoms with Crippen molar-refractivity contribution in [3.63, 3.8) is 0 Å². The van der Waals surface area contributed by atoms with Gasteiger partial charge < -0.3 is 5.73 Å². The van der Waals surface area contributed by atoms with Crippen molar-refractivity contribution in [2.45, 2.75) is 0 Å². The van der Waals surface area contributed by atoms with E-state index in [1.54, 1.807) is 6.07 Å². The van der Waals surface area contributed by atoms with Gasteiger partial charge in [-0.05, 0) is 24.3 Å². The van der Waals surface area contributed by atoms with Gasteiger partial charge in [0.05, 0.1) is 5.52 Å². The Hall–Kier alpha value is -2.10. The van der Waals surface area contributed by atoms with Crippen molar-refractivity contribution >= 4 is 22.6 Å². The molecule has 0 amide bonds. The minimum absolute atomic E-state index is 0.501. The summed E-state index contributed by atoms with van der Waals surface area (Å²) >= 11 is 0. The molecule has 0 saturated carbocycles. The third-order valence-electron chi connectivity index (χ3n) is 2.19. The van der Waals surface area contributed by atoms with Crippen LogP contribution < -0.4 is 5.73 Å². The summed E-state index contributed by atoms with van der Waals surface area (Å²) in [5.41, 5.74) is 8.15. The van der Waals surface area contributed by atoms with Gasteiger partial charge in [-0.2, -0.15) is 0 Å². The highest BCUT2D eigenvalue weighted by molar-refractivity contribution is 5.78. The van der Waals surface area contributed by atoms with Crippen LogP contribution in [0.25, 0.3) is 16.8 Å². The molecule has 0 fully saturated rings. The lowest BCUT2D eigenvalue weighted by molar-refractivity contribution is 1.23. The Kier molecular flexibility index (Phi) is 1.28. The number of nitrogens with two attached hydrogens (primary N) is 1. The molecular weight excluding hydrogens is 176 g/mol. The lowest BCUT2D eigenvalue weighted by atomic mass is 10.4. The van der Waals surface area contributed by atoms with Gasteiger partial charge in [0.1, 0.15) is 11.5 Å². The smallest absolute Gasteiger partial charge is 0.180 e. The molecule has 0 bridgehead atoms. The molecule has 0 aliphatic carbocycles. The van der Waals surface area contributed by atoms with E-state index in [9.17, 15) is 0 Å². The lowest BCUT2D eigenvalue weighted by Crippen LogP contribution is -1.89. The zero-order valence-electron chi connectivity index (χ0n) is 7.38. The lowest BCUT2D eigenvalue weighted by Gasteiger charge is -1.93. The fourth-order valence-corrected chi connectivity index (χ4v) is 1.56. The number of anilines is 1. The molecule has 0 radical (unpaired) electrons. The maximum atomic E-state index is 5.59. The second-order valence-corrected chi connectivity index (χ2v) is 3.12. The van der Waals surface area contributed by atoms with E-state index in [-0.39, 0.29) is 0 Å². The van der Waals surface area contributed by atoms with Crippen LogP contribution >= 0.6 is 0 Å². The predicted molar refractivity (Wildman–Crippen MR) is 54.9 cm³/mol. The minimum atomic E-state index is 0.501. The average Bonchev–Trinajstić information content (AvgIpc) is 2.54. The monoisotopic (exact) mass is 184 g/mol. The van der Waals surface area contributed by atoms with E-state index in [4.69, 9.17) is 5.73 Å². The molecular formula is C10H8N4. The second kappa shape index (κ2) is 2.45. The summed E-state index contributed by atoms with van der Waals surface area (Å²) in [4.78, 5) is 8.51. The van der Waals surface area contributed by atoms with Crippen molar-refractivity contribution in [2.24, 2.45) is 0 Å². The van der Waals surface area contributed by atoms with Gasteiger partial charge in [0.15, 0.2) is 5.65 Å². The summed E-state index contributed by atoms with van der Waals surface area (Å²) in [5.74, 6) is 0.501. The van der Waals surface area contributed by atoms with Crippen LogP contribution in [0.3, 0.4) is 0 Å². The van der Waals surface area contributed by atoms with Crippen molar-refractivity contribution in [3.05, 3.63) is 36.5 Å². The van der Waals surface area contributed by atoms with E-state index in [0.717, 1.165) is 11.2 Å². The van der Waals surface area contributed by atoms with Gasteiger partial charge in [-0.1, -0.05) is 6.07 Å². The van der Waals surface area contributed by atoms with Crippen LogP contribution in [-0.4, -0.2) is 14.4 Å². The van der Waals surface area contributed by atoms with E-state index in [1.807, 2.05) is 34.9 Å². The maximum absolute atomic E-state index is 5.59. The number of hydrogen-bond acceptors (Lipinski definition) is 3. The van der Waals surface area contributed by atoms with Crippen molar-refractivity contribution in [3.8, 4) is 0 Å². The molecule has 0 aliphatic heterocycles. The molecule has 3 rings (SSSR count). The van der Waals surface area contributed by atoms with Crippen LogP contribution in [-0.2, 0) is 0 Å². The number of rotatable bonds is 0. The minimum Gasteiger partial charge on any atom is -0.384 e. The first kappa shape index (κ1) is 7.32. The Morgan fingerprint density at radius 3 is 2.93 bits per heavy atom. The number of imidazole rings is 1. The Morgan fingerprint density at radius 2 is 2.00 bits per heavy atom. The number of pyridine rings is 2. The zero-order chi connectivity index (χ0) is 9.54. The molecule has 3 aromatic heterocycles. The first-order valence-electron chi connectivity index (χ1n) is 4.34. The molecule has 4 nitrogen and oxygen atoms in total. The first-order chi connectivity index (χ1) is 6.84. The van der Waals surface area contributed by atoms with E-state index < -0.39 is 0 Å². The van der Waals surface area contributed by atoms with Crippen molar-refractivity contribution < 1.29 is 0 Å². The summed E-state index contributed by atoms with van der Waals surface area (Å²) in [6, 6.07) is 9.56. The van der Waals surface area contributed by atoms with Crippen LogP contribution in [0.4, 0.5) is 5.82 Å². The van der Waals surface area contributed by atoms with Gasteiger partial charge in [0, 0.05) is 6.20 Å². The topological polar surface area (TPSA) is 56.2 Å². The maximum Gasteiger partial charge on any atom is 0.180 e. The molecule has 0 aliphatic rings. The molecule has 0 spiro atoms. The number of nitrogen functional groups attached to an aromatic ring is 1. The van der Waals surface area contributed by atoms with Gasteiger partial charge in [-0.3, -0.25) is 4.40 Å². The highest BCUT2D eigenvalue weighted by Crippen LogP contribution is 2.15. The summed E-state index contributed by atoms with van der Waals surface area (Å²) in [6.07, 6.45) is 1.96. The van der Waals surface area contributed by atoms with Crippen LogP contribution in [0.15, 0.2) is 36.5 Å². The molecule has 3 aromatic rings. The summed E-state index contributed by atoms with van der Waals surface area (Å²) in [7, 11) is 0. The van der Waals surface area contributed by atoms with Crippen molar-refractivity contribution in [2.75, 3.05) is 5.73 Å². The standard InChI is InChI=1S/C10H8N4/c11-8-5-4-7-10(12-8)13-9-3-1-2-6-14(7)9/h1-6H,(H2,11,12). The average molecular weight is 184 g/mol. The molecule has 0 unspecified atom stereocenters. The quantitative estimate of drug-likeness (QED) is 0.575. The molecule has 68 valence electrons. The predicted octanol–water partition coefficient (Wildman–Crippen LogP) is 1.46. The SMILES string of the molecule is Nc1ccc2c(n1)nc1ccccn12. The van der Waals surface area contributed by atoms with E-state index in [1.165, 1.54) is 0 Å². The van der Waals surface area contributed by atoms with Gasteiger partial charge in [0.2, 0.25) is 0 Å². The normalized spacial score (nSPS) is 11.1. The van der Waals surface area contributed by atoms with E-state index in [0.29, 0.717) is 11.5 Å². The molecule has 14 heavy (non-hydrogen) atoms. The Balaban J connectivity index is 2.57. The Labute approximate surface area is 80.0 Å². The van der Waals surface area contributed by atoms with Crippen molar-refractivity contribution in [1.29, 1.82) is 0 Å². The van der Waals surface area contributed by atoms with Crippen LogP contribution in [0.5, 0.6) is 0 Å². The Morgan fingerprint density at radius 1 is 1.07 bits per heavy atom. The van der Waals surface area contributed by atoms with Gasteiger partial charge in [-0.15, -0.1) is 0 Å². The molecule has 0 aromatic carbocycles. The number of nitrogens with zero attached hydrogens (tertiary/aromatic N) is 3. The second-order valence-electron chi connectivity index (χ2n) is 3.12. The summed E-state index contributed by atoms with van der Waals surface area (Å²) in [5, 5.41) is 0. The number of hydrogen-bond donors (Lipinski definition) is 1. The third-order valence-corrected chi connectivity index (χ3v) is 2.19. The van der Waals surface area contributed by atoms with Crippen LogP contribution in [0.1, 0.15) is 0 Å². The molecule has 4 heteroatoms. The molecule has 0 saturated heterocycles. The molecule has 2 N–H and O–H groups in total. The molecule has 0 atom stereocenters. The zero-order valence-corrected chi connectivity index (χ0v) is 7.38.